The molecule has 0 aliphatic carbocycles. The number of halogens is 2. The predicted molar refractivity (Wildman–Crippen MR) is 85.3 cm³/mol. The zero-order chi connectivity index (χ0) is 14.8. The predicted octanol–water partition coefficient (Wildman–Crippen LogP) is 3.94. The van der Waals surface area contributed by atoms with Gasteiger partial charge in [0.2, 0.25) is 0 Å². The smallest absolute Gasteiger partial charge is 0.137 e. The summed E-state index contributed by atoms with van der Waals surface area (Å²) in [6, 6.07) is 5.88. The van der Waals surface area contributed by atoms with Crippen LogP contribution in [0.2, 0.25) is 0 Å². The van der Waals surface area contributed by atoms with Gasteiger partial charge in [-0.3, -0.25) is 4.90 Å². The Labute approximate surface area is 129 Å². The number of rotatable bonds is 4. The van der Waals surface area contributed by atoms with E-state index in [-0.39, 0.29) is 11.4 Å². The summed E-state index contributed by atoms with van der Waals surface area (Å²) in [6.07, 6.45) is 2.25. The lowest BCUT2D eigenvalue weighted by molar-refractivity contribution is 0.0408. The SMILES string of the molecule is CCC1CN(Cc2ccc(F)c(Br)c2)C(C)(CC)CN1. The summed E-state index contributed by atoms with van der Waals surface area (Å²) >= 11 is 3.28. The molecule has 0 saturated carbocycles. The lowest BCUT2D eigenvalue weighted by atomic mass is 9.91. The molecule has 4 heteroatoms. The normalized spacial score (nSPS) is 27.8. The lowest BCUT2D eigenvalue weighted by Crippen LogP contribution is -2.62. The molecule has 0 aromatic heterocycles. The van der Waals surface area contributed by atoms with Gasteiger partial charge in [0.1, 0.15) is 5.82 Å². The van der Waals surface area contributed by atoms with Gasteiger partial charge in [-0.15, -0.1) is 0 Å². The first-order valence-corrected chi connectivity index (χ1v) is 8.20. The fourth-order valence-corrected chi connectivity index (χ4v) is 3.19. The third kappa shape index (κ3) is 3.41. The van der Waals surface area contributed by atoms with Crippen molar-refractivity contribution in [3.8, 4) is 0 Å². The Morgan fingerprint density at radius 1 is 1.45 bits per heavy atom. The quantitative estimate of drug-likeness (QED) is 0.891. The van der Waals surface area contributed by atoms with E-state index >= 15 is 0 Å². The maximum Gasteiger partial charge on any atom is 0.137 e. The van der Waals surface area contributed by atoms with Gasteiger partial charge in [-0.25, -0.2) is 4.39 Å². The topological polar surface area (TPSA) is 15.3 Å². The molecule has 20 heavy (non-hydrogen) atoms. The molecule has 0 radical (unpaired) electrons. The molecule has 1 aromatic carbocycles. The van der Waals surface area contributed by atoms with E-state index in [4.69, 9.17) is 0 Å². The highest BCUT2D eigenvalue weighted by atomic mass is 79.9. The standard InChI is InChI=1S/C16H24BrFN2/c1-4-13-10-20(16(3,5-2)11-19-13)9-12-6-7-15(18)14(17)8-12/h6-8,13,19H,4-5,9-11H2,1-3H3. The van der Waals surface area contributed by atoms with Gasteiger partial charge in [-0.05, 0) is 53.4 Å². The van der Waals surface area contributed by atoms with E-state index in [0.717, 1.165) is 38.0 Å². The lowest BCUT2D eigenvalue weighted by Gasteiger charge is -2.48. The van der Waals surface area contributed by atoms with Crippen molar-refractivity contribution < 1.29 is 4.39 Å². The molecule has 2 rings (SSSR count). The van der Waals surface area contributed by atoms with Crippen molar-refractivity contribution in [2.75, 3.05) is 13.1 Å². The summed E-state index contributed by atoms with van der Waals surface area (Å²) in [5.74, 6) is -0.196. The van der Waals surface area contributed by atoms with Crippen molar-refractivity contribution in [1.82, 2.24) is 10.2 Å². The van der Waals surface area contributed by atoms with Crippen LogP contribution in [0.25, 0.3) is 0 Å². The third-order valence-electron chi connectivity index (χ3n) is 4.59. The first-order chi connectivity index (χ1) is 9.48. The van der Waals surface area contributed by atoms with E-state index < -0.39 is 0 Å². The first-order valence-electron chi connectivity index (χ1n) is 7.41. The molecular formula is C16H24BrFN2. The van der Waals surface area contributed by atoms with Crippen LogP contribution >= 0.6 is 15.9 Å². The van der Waals surface area contributed by atoms with Gasteiger partial charge in [-0.2, -0.15) is 0 Å². The molecule has 112 valence electrons. The largest absolute Gasteiger partial charge is 0.311 e. The van der Waals surface area contributed by atoms with Gasteiger partial charge in [0.05, 0.1) is 4.47 Å². The number of nitrogens with zero attached hydrogens (tertiary/aromatic N) is 1. The van der Waals surface area contributed by atoms with Crippen molar-refractivity contribution in [3.63, 3.8) is 0 Å². The zero-order valence-corrected chi connectivity index (χ0v) is 14.1. The molecule has 1 aliphatic heterocycles. The Bertz CT molecular complexity index is 466. The third-order valence-corrected chi connectivity index (χ3v) is 5.20. The molecule has 2 nitrogen and oxygen atoms in total. The number of hydrogen-bond donors (Lipinski definition) is 1. The van der Waals surface area contributed by atoms with E-state index in [1.54, 1.807) is 6.07 Å². The van der Waals surface area contributed by atoms with Gasteiger partial charge in [0.25, 0.3) is 0 Å². The average Bonchev–Trinajstić information content (AvgIpc) is 2.45. The first kappa shape index (κ1) is 15.9. The summed E-state index contributed by atoms with van der Waals surface area (Å²) < 4.78 is 13.9. The minimum absolute atomic E-state index is 0.173. The van der Waals surface area contributed by atoms with Crippen LogP contribution in [0.4, 0.5) is 4.39 Å². The molecule has 2 atom stereocenters. The fourth-order valence-electron chi connectivity index (χ4n) is 2.76. The van der Waals surface area contributed by atoms with E-state index in [9.17, 15) is 4.39 Å². The number of piperazine rings is 1. The van der Waals surface area contributed by atoms with Crippen LogP contribution in [0.1, 0.15) is 39.2 Å². The van der Waals surface area contributed by atoms with Crippen LogP contribution in [-0.4, -0.2) is 29.6 Å². The van der Waals surface area contributed by atoms with Crippen LogP contribution in [0.3, 0.4) is 0 Å². The maximum absolute atomic E-state index is 13.3. The molecule has 1 aliphatic rings. The van der Waals surface area contributed by atoms with Crippen molar-refractivity contribution in [2.45, 2.75) is 51.7 Å². The van der Waals surface area contributed by atoms with E-state index in [1.165, 1.54) is 0 Å². The van der Waals surface area contributed by atoms with Gasteiger partial charge < -0.3 is 5.32 Å². The van der Waals surface area contributed by atoms with E-state index in [1.807, 2.05) is 12.1 Å². The van der Waals surface area contributed by atoms with E-state index in [0.29, 0.717) is 10.5 Å². The molecule has 1 aromatic rings. The Morgan fingerprint density at radius 2 is 2.20 bits per heavy atom. The Hall–Kier alpha value is -0.450. The van der Waals surface area contributed by atoms with E-state index in [2.05, 4.69) is 46.9 Å². The van der Waals surface area contributed by atoms with Crippen LogP contribution < -0.4 is 5.32 Å². The summed E-state index contributed by atoms with van der Waals surface area (Å²) in [5.41, 5.74) is 1.33. The molecule has 1 saturated heterocycles. The molecule has 0 amide bonds. The summed E-state index contributed by atoms with van der Waals surface area (Å²) in [4.78, 5) is 2.54. The Balaban J connectivity index is 2.16. The van der Waals surface area contributed by atoms with Crippen LogP contribution in [0.15, 0.2) is 22.7 Å². The summed E-state index contributed by atoms with van der Waals surface area (Å²) in [7, 11) is 0. The fraction of sp³-hybridized carbons (Fsp3) is 0.625. The Kier molecular flexibility index (Phi) is 5.21. The zero-order valence-electron chi connectivity index (χ0n) is 12.5. The van der Waals surface area contributed by atoms with Crippen molar-refractivity contribution in [1.29, 1.82) is 0 Å². The van der Waals surface area contributed by atoms with Crippen molar-refractivity contribution in [2.24, 2.45) is 0 Å². The van der Waals surface area contributed by atoms with Crippen LogP contribution in [0, 0.1) is 5.82 Å². The number of hydrogen-bond acceptors (Lipinski definition) is 2. The number of nitrogens with one attached hydrogen (secondary N) is 1. The highest BCUT2D eigenvalue weighted by molar-refractivity contribution is 9.10. The van der Waals surface area contributed by atoms with Gasteiger partial charge in [-0.1, -0.05) is 19.9 Å². The van der Waals surface area contributed by atoms with Gasteiger partial charge in [0.15, 0.2) is 0 Å². The second kappa shape index (κ2) is 6.54. The van der Waals surface area contributed by atoms with Gasteiger partial charge >= 0.3 is 0 Å². The van der Waals surface area contributed by atoms with Crippen LogP contribution in [0.5, 0.6) is 0 Å². The second-order valence-electron chi connectivity index (χ2n) is 5.97. The monoisotopic (exact) mass is 342 g/mol. The van der Waals surface area contributed by atoms with Crippen LogP contribution in [-0.2, 0) is 6.54 Å². The highest BCUT2D eigenvalue weighted by Gasteiger charge is 2.35. The maximum atomic E-state index is 13.3. The van der Waals surface area contributed by atoms with Crippen molar-refractivity contribution >= 4 is 15.9 Å². The summed E-state index contributed by atoms with van der Waals surface area (Å²) in [6.45, 7) is 9.71. The average molecular weight is 343 g/mol. The van der Waals surface area contributed by atoms with Crippen molar-refractivity contribution in [3.05, 3.63) is 34.1 Å². The molecule has 2 unspecified atom stereocenters. The Morgan fingerprint density at radius 3 is 2.80 bits per heavy atom. The van der Waals surface area contributed by atoms with Gasteiger partial charge in [0, 0.05) is 31.2 Å². The number of benzene rings is 1. The molecule has 1 N–H and O–H groups in total. The molecule has 1 heterocycles. The minimum atomic E-state index is -0.196. The second-order valence-corrected chi connectivity index (χ2v) is 6.82. The summed E-state index contributed by atoms with van der Waals surface area (Å²) in [5, 5.41) is 3.64. The minimum Gasteiger partial charge on any atom is -0.311 e. The molecule has 0 spiro atoms. The molecule has 1 fully saturated rings. The molecular weight excluding hydrogens is 319 g/mol. The molecule has 0 bridgehead atoms. The highest BCUT2D eigenvalue weighted by Crippen LogP contribution is 2.27.